The van der Waals surface area contributed by atoms with Crippen LogP contribution in [0.1, 0.15) is 15.9 Å². The summed E-state index contributed by atoms with van der Waals surface area (Å²) in [5, 5.41) is 24.7. The normalized spacial score (nSPS) is 11.0. The molecule has 168 valence electrons. The minimum atomic E-state index is -1.02. The number of hydrogen-bond acceptors (Lipinski definition) is 4. The minimum Gasteiger partial charge on any atom is -0.619 e. The van der Waals surface area contributed by atoms with E-state index in [1.54, 1.807) is 28.8 Å². The van der Waals surface area contributed by atoms with Crippen molar-refractivity contribution in [2.45, 2.75) is 6.54 Å². The van der Waals surface area contributed by atoms with Gasteiger partial charge >= 0.3 is 0 Å². The molecule has 0 saturated carbocycles. The number of Topliss-reactive ketones (excluding diaryl/α,β-unsaturated/α-hetero) is 1. The summed E-state index contributed by atoms with van der Waals surface area (Å²) in [6.07, 6.45) is 3.48. The monoisotopic (exact) mass is 523 g/mol. The molecule has 11 heteroatoms. The first-order valence-corrected chi connectivity index (χ1v) is 10.8. The van der Waals surface area contributed by atoms with Crippen LogP contribution in [0.3, 0.4) is 0 Å². The van der Waals surface area contributed by atoms with E-state index in [4.69, 9.17) is 46.4 Å². The summed E-state index contributed by atoms with van der Waals surface area (Å²) >= 11 is 24.2. The van der Waals surface area contributed by atoms with Crippen LogP contribution in [0.5, 0.6) is 5.75 Å². The number of fused-ring (bicyclic) bond motifs is 1. The molecule has 0 bridgehead atoms. The molecule has 0 spiro atoms. The number of carbonyl (C=O) groups excluding carboxylic acids is 2. The highest BCUT2D eigenvalue weighted by atomic mass is 35.5. The smallest absolute Gasteiger partial charge is 0.296 e. The van der Waals surface area contributed by atoms with Crippen molar-refractivity contribution in [3.05, 3.63) is 91.4 Å². The van der Waals surface area contributed by atoms with Crippen molar-refractivity contribution in [2.75, 3.05) is 5.32 Å². The van der Waals surface area contributed by atoms with Crippen LogP contribution in [0.4, 0.5) is 5.69 Å². The van der Waals surface area contributed by atoms with Crippen LogP contribution in [-0.4, -0.2) is 21.4 Å². The number of carbonyl (C=O) groups is 2. The van der Waals surface area contributed by atoms with Crippen molar-refractivity contribution in [3.8, 4) is 5.75 Å². The van der Waals surface area contributed by atoms with E-state index in [2.05, 4.69) is 5.32 Å². The van der Waals surface area contributed by atoms with Gasteiger partial charge in [0.25, 0.3) is 11.7 Å². The minimum absolute atomic E-state index is 0.0468. The number of aromatic nitrogens is 2. The highest BCUT2D eigenvalue weighted by molar-refractivity contribution is 6.50. The van der Waals surface area contributed by atoms with Crippen LogP contribution in [0, 0.1) is 5.21 Å². The number of nitrogens with one attached hydrogen (secondary N) is 1. The van der Waals surface area contributed by atoms with Gasteiger partial charge in [0, 0.05) is 33.7 Å². The first-order chi connectivity index (χ1) is 15.6. The first kappa shape index (κ1) is 23.2. The maximum Gasteiger partial charge on any atom is 0.296 e. The molecule has 0 aliphatic heterocycles. The number of rotatable bonds is 5. The molecule has 0 aliphatic rings. The summed E-state index contributed by atoms with van der Waals surface area (Å²) < 4.78 is 2.10. The van der Waals surface area contributed by atoms with E-state index in [9.17, 15) is 19.9 Å². The number of aromatic hydroxyl groups is 1. The fraction of sp³-hybridized carbons (Fsp3) is 0.0455. The Labute approximate surface area is 207 Å². The van der Waals surface area contributed by atoms with Gasteiger partial charge in [-0.1, -0.05) is 52.5 Å². The highest BCUT2D eigenvalue weighted by Gasteiger charge is 2.24. The number of amides is 1. The third-order valence-corrected chi connectivity index (χ3v) is 6.03. The second-order valence-corrected chi connectivity index (χ2v) is 8.74. The lowest BCUT2D eigenvalue weighted by Crippen LogP contribution is -2.27. The summed E-state index contributed by atoms with van der Waals surface area (Å²) in [6.45, 7) is 0.284. The molecule has 4 aromatic rings. The molecule has 0 unspecified atom stereocenters. The quantitative estimate of drug-likeness (QED) is 0.157. The molecule has 2 aromatic carbocycles. The SMILES string of the molecule is O=C(Nc1c(Cl)c[n+]([O-])cc1Cl)C(=O)c1cn(Cc2ccc(Cl)cc2Cl)c2ccc(O)cc12. The number of anilines is 1. The molecule has 0 saturated heterocycles. The second-order valence-electron chi connectivity index (χ2n) is 7.08. The number of pyridine rings is 1. The van der Waals surface area contributed by atoms with Crippen molar-refractivity contribution in [3.63, 3.8) is 0 Å². The Kier molecular flexibility index (Phi) is 6.41. The Morgan fingerprint density at radius 1 is 1.00 bits per heavy atom. The lowest BCUT2D eigenvalue weighted by Gasteiger charge is -2.08. The molecular weight excluding hydrogens is 512 g/mol. The maximum atomic E-state index is 13.0. The Balaban J connectivity index is 1.72. The maximum absolute atomic E-state index is 13.0. The number of halogens is 4. The van der Waals surface area contributed by atoms with E-state index in [0.717, 1.165) is 18.0 Å². The fourth-order valence-electron chi connectivity index (χ4n) is 3.35. The molecule has 1 amide bonds. The summed E-state index contributed by atoms with van der Waals surface area (Å²) in [7, 11) is 0. The van der Waals surface area contributed by atoms with Crippen molar-refractivity contribution in [1.29, 1.82) is 0 Å². The summed E-state index contributed by atoms with van der Waals surface area (Å²) in [4.78, 5) is 25.8. The van der Waals surface area contributed by atoms with Gasteiger partial charge < -0.3 is 20.2 Å². The van der Waals surface area contributed by atoms with E-state index in [0.29, 0.717) is 25.7 Å². The molecule has 2 aromatic heterocycles. The van der Waals surface area contributed by atoms with Crippen LogP contribution < -0.4 is 10.0 Å². The summed E-state index contributed by atoms with van der Waals surface area (Å²) in [5.41, 5.74) is 1.32. The van der Waals surface area contributed by atoms with E-state index < -0.39 is 11.7 Å². The average Bonchev–Trinajstić information content (AvgIpc) is 3.09. The van der Waals surface area contributed by atoms with E-state index in [-0.39, 0.29) is 33.6 Å². The van der Waals surface area contributed by atoms with Crippen molar-refractivity contribution < 1.29 is 19.4 Å². The molecule has 0 radical (unpaired) electrons. The van der Waals surface area contributed by atoms with Crippen LogP contribution in [0.25, 0.3) is 10.9 Å². The molecular formula is C22H13Cl4N3O4. The molecule has 0 atom stereocenters. The second kappa shape index (κ2) is 9.11. The number of hydrogen-bond donors (Lipinski definition) is 2. The topological polar surface area (TPSA) is 98.3 Å². The van der Waals surface area contributed by atoms with Gasteiger partial charge in [-0.15, -0.1) is 0 Å². The summed E-state index contributed by atoms with van der Waals surface area (Å²) in [6, 6.07) is 9.54. The molecule has 0 fully saturated rings. The Morgan fingerprint density at radius 3 is 2.36 bits per heavy atom. The van der Waals surface area contributed by atoms with E-state index in [1.165, 1.54) is 18.3 Å². The largest absolute Gasteiger partial charge is 0.619 e. The third kappa shape index (κ3) is 4.72. The van der Waals surface area contributed by atoms with Crippen molar-refractivity contribution in [1.82, 2.24) is 4.57 Å². The Bertz CT molecular complexity index is 1410. The molecule has 33 heavy (non-hydrogen) atoms. The van der Waals surface area contributed by atoms with Crippen LogP contribution >= 0.6 is 46.4 Å². The number of benzene rings is 2. The number of phenols is 1. The first-order valence-electron chi connectivity index (χ1n) is 9.33. The zero-order valence-electron chi connectivity index (χ0n) is 16.5. The third-order valence-electron chi connectivity index (χ3n) is 4.87. The standard InChI is InChI=1S/C22H13Cl4N3O4/c23-12-2-1-11(16(24)5-12)7-28-8-15(14-6-13(30)3-4-19(14)28)21(31)22(32)27-20-17(25)9-29(33)10-18(20)26/h1-6,8-10,30H,7H2,(H,27,32). The predicted octanol–water partition coefficient (Wildman–Crippen LogP) is 5.46. The van der Waals surface area contributed by atoms with Gasteiger partial charge in [0.15, 0.2) is 0 Å². The zero-order chi connectivity index (χ0) is 23.9. The molecule has 4 rings (SSSR count). The Hall–Kier alpha value is -2.97. The summed E-state index contributed by atoms with van der Waals surface area (Å²) in [5.74, 6) is -1.99. The predicted molar refractivity (Wildman–Crippen MR) is 128 cm³/mol. The van der Waals surface area contributed by atoms with Crippen molar-refractivity contribution in [2.24, 2.45) is 0 Å². The van der Waals surface area contributed by atoms with Gasteiger partial charge in [0.1, 0.15) is 15.8 Å². The number of ketones is 1. The van der Waals surface area contributed by atoms with Gasteiger partial charge in [0.05, 0.1) is 11.3 Å². The van der Waals surface area contributed by atoms with E-state index in [1.807, 2.05) is 0 Å². The average molecular weight is 525 g/mol. The van der Waals surface area contributed by atoms with Gasteiger partial charge in [-0.3, -0.25) is 9.59 Å². The van der Waals surface area contributed by atoms with Gasteiger partial charge in [-0.05, 0) is 35.9 Å². The van der Waals surface area contributed by atoms with Crippen LogP contribution in [0.15, 0.2) is 55.0 Å². The molecule has 2 N–H and O–H groups in total. The van der Waals surface area contributed by atoms with Gasteiger partial charge in [-0.25, -0.2) is 0 Å². The van der Waals surface area contributed by atoms with E-state index >= 15 is 0 Å². The van der Waals surface area contributed by atoms with Crippen molar-refractivity contribution >= 4 is 74.7 Å². The van der Waals surface area contributed by atoms with Gasteiger partial charge in [-0.2, -0.15) is 4.73 Å². The lowest BCUT2D eigenvalue weighted by atomic mass is 10.1. The van der Waals surface area contributed by atoms with Gasteiger partial charge in [0.2, 0.25) is 12.4 Å². The highest BCUT2D eigenvalue weighted by Crippen LogP contribution is 2.31. The van der Waals surface area contributed by atoms with Crippen LogP contribution in [-0.2, 0) is 11.3 Å². The van der Waals surface area contributed by atoms with Crippen LogP contribution in [0.2, 0.25) is 20.1 Å². The lowest BCUT2D eigenvalue weighted by molar-refractivity contribution is -0.605. The number of nitrogens with zero attached hydrogens (tertiary/aromatic N) is 2. The zero-order valence-corrected chi connectivity index (χ0v) is 19.5. The number of phenolic OH excluding ortho intramolecular Hbond substituents is 1. The molecule has 2 heterocycles. The Morgan fingerprint density at radius 2 is 1.70 bits per heavy atom. The fourth-order valence-corrected chi connectivity index (χ4v) is 4.35. The molecule has 0 aliphatic carbocycles. The molecule has 7 nitrogen and oxygen atoms in total.